The van der Waals surface area contributed by atoms with Gasteiger partial charge in [-0.3, -0.25) is 0 Å². The summed E-state index contributed by atoms with van der Waals surface area (Å²) in [5, 5.41) is 0. The average Bonchev–Trinajstić information content (AvgIpc) is 2.84. The number of benzene rings is 1. The first-order valence-electron chi connectivity index (χ1n) is 4.60. The van der Waals surface area contributed by atoms with Gasteiger partial charge in [-0.1, -0.05) is 6.07 Å². The summed E-state index contributed by atoms with van der Waals surface area (Å²) < 4.78 is 10.6. The Morgan fingerprint density at radius 1 is 1.20 bits per heavy atom. The van der Waals surface area contributed by atoms with Gasteiger partial charge in [0.25, 0.3) is 11.8 Å². The van der Waals surface area contributed by atoms with E-state index in [-0.39, 0.29) is 0 Å². The Morgan fingerprint density at radius 2 is 2.13 bits per heavy atom. The van der Waals surface area contributed by atoms with Crippen molar-refractivity contribution in [3.05, 3.63) is 36.2 Å². The Bertz CT molecular complexity index is 596. The maximum absolute atomic E-state index is 5.50. The fraction of sp³-hybridized carbons (Fsp3) is 0.0909. The highest BCUT2D eigenvalue weighted by molar-refractivity contribution is 5.75. The normalized spacial score (nSPS) is 11.0. The second kappa shape index (κ2) is 2.95. The molecule has 15 heavy (non-hydrogen) atoms. The molecule has 0 aliphatic rings. The van der Waals surface area contributed by atoms with Crippen molar-refractivity contribution >= 4 is 11.1 Å². The third-order valence-corrected chi connectivity index (χ3v) is 2.16. The molecule has 2 heterocycles. The van der Waals surface area contributed by atoms with Gasteiger partial charge in [-0.2, -0.15) is 0 Å². The van der Waals surface area contributed by atoms with Crippen molar-refractivity contribution in [1.29, 1.82) is 0 Å². The van der Waals surface area contributed by atoms with Crippen LogP contribution >= 0.6 is 0 Å². The SMILES string of the molecule is Cc1ccc2oc(-c3ncco3)nc2c1. The van der Waals surface area contributed by atoms with Crippen LogP contribution in [-0.2, 0) is 0 Å². The quantitative estimate of drug-likeness (QED) is 0.606. The van der Waals surface area contributed by atoms with Crippen molar-refractivity contribution in [2.24, 2.45) is 0 Å². The number of aromatic nitrogens is 2. The van der Waals surface area contributed by atoms with E-state index >= 15 is 0 Å². The third-order valence-electron chi connectivity index (χ3n) is 2.16. The molecular weight excluding hydrogens is 192 g/mol. The van der Waals surface area contributed by atoms with Crippen LogP contribution < -0.4 is 0 Å². The highest BCUT2D eigenvalue weighted by Crippen LogP contribution is 2.23. The second-order valence-corrected chi connectivity index (χ2v) is 3.33. The molecule has 0 bridgehead atoms. The summed E-state index contributed by atoms with van der Waals surface area (Å²) in [6.45, 7) is 2.01. The molecule has 4 heteroatoms. The van der Waals surface area contributed by atoms with Crippen LogP contribution in [0.15, 0.2) is 39.5 Å². The lowest BCUT2D eigenvalue weighted by Gasteiger charge is -1.87. The molecule has 1 aromatic carbocycles. The predicted molar refractivity (Wildman–Crippen MR) is 54.2 cm³/mol. The minimum Gasteiger partial charge on any atom is -0.441 e. The Hall–Kier alpha value is -2.10. The molecule has 0 N–H and O–H groups in total. The van der Waals surface area contributed by atoms with Gasteiger partial charge < -0.3 is 8.83 Å². The van der Waals surface area contributed by atoms with Gasteiger partial charge in [-0.05, 0) is 24.6 Å². The molecule has 0 saturated heterocycles. The fourth-order valence-corrected chi connectivity index (χ4v) is 1.46. The van der Waals surface area contributed by atoms with E-state index in [1.807, 2.05) is 25.1 Å². The largest absolute Gasteiger partial charge is 0.441 e. The van der Waals surface area contributed by atoms with E-state index in [1.54, 1.807) is 6.20 Å². The molecule has 0 aliphatic heterocycles. The van der Waals surface area contributed by atoms with Crippen LogP contribution in [0.4, 0.5) is 0 Å². The lowest BCUT2D eigenvalue weighted by Crippen LogP contribution is -1.75. The van der Waals surface area contributed by atoms with Crippen LogP contribution in [-0.4, -0.2) is 9.97 Å². The molecule has 3 rings (SSSR count). The van der Waals surface area contributed by atoms with Crippen molar-refractivity contribution in [3.63, 3.8) is 0 Å². The summed E-state index contributed by atoms with van der Waals surface area (Å²) in [5.74, 6) is 0.824. The maximum atomic E-state index is 5.50. The molecular formula is C11H8N2O2. The van der Waals surface area contributed by atoms with E-state index in [4.69, 9.17) is 8.83 Å². The van der Waals surface area contributed by atoms with Gasteiger partial charge in [-0.25, -0.2) is 9.97 Å². The summed E-state index contributed by atoms with van der Waals surface area (Å²) in [7, 11) is 0. The number of rotatable bonds is 1. The van der Waals surface area contributed by atoms with E-state index in [2.05, 4.69) is 9.97 Å². The highest BCUT2D eigenvalue weighted by atomic mass is 16.4. The molecule has 0 amide bonds. The van der Waals surface area contributed by atoms with Crippen LogP contribution in [0.3, 0.4) is 0 Å². The van der Waals surface area contributed by atoms with Gasteiger partial charge in [-0.15, -0.1) is 0 Å². The Balaban J connectivity index is 2.22. The third kappa shape index (κ3) is 1.30. The molecule has 0 fully saturated rings. The molecule has 0 radical (unpaired) electrons. The van der Waals surface area contributed by atoms with Crippen LogP contribution in [0.2, 0.25) is 0 Å². The van der Waals surface area contributed by atoms with Crippen LogP contribution in [0, 0.1) is 6.92 Å². The summed E-state index contributed by atoms with van der Waals surface area (Å²) in [5.41, 5.74) is 2.71. The fourth-order valence-electron chi connectivity index (χ4n) is 1.46. The average molecular weight is 200 g/mol. The van der Waals surface area contributed by atoms with Gasteiger partial charge in [0.15, 0.2) is 5.58 Å². The standard InChI is InChI=1S/C11H8N2O2/c1-7-2-3-9-8(6-7)13-11(15-9)10-12-4-5-14-10/h2-6H,1H3. The molecule has 0 spiro atoms. The van der Waals surface area contributed by atoms with Gasteiger partial charge >= 0.3 is 0 Å². The Morgan fingerprint density at radius 3 is 2.93 bits per heavy atom. The van der Waals surface area contributed by atoms with Crippen molar-refractivity contribution < 1.29 is 8.83 Å². The second-order valence-electron chi connectivity index (χ2n) is 3.33. The van der Waals surface area contributed by atoms with Crippen LogP contribution in [0.5, 0.6) is 0 Å². The van der Waals surface area contributed by atoms with Gasteiger partial charge in [0.2, 0.25) is 0 Å². The first-order chi connectivity index (χ1) is 7.33. The summed E-state index contributed by atoms with van der Waals surface area (Å²) in [6, 6.07) is 5.84. The van der Waals surface area contributed by atoms with Crippen LogP contribution in [0.25, 0.3) is 22.9 Å². The first kappa shape index (κ1) is 8.23. The summed E-state index contributed by atoms with van der Waals surface area (Å²) >= 11 is 0. The highest BCUT2D eigenvalue weighted by Gasteiger charge is 2.11. The molecule has 4 nitrogen and oxygen atoms in total. The van der Waals surface area contributed by atoms with Crippen molar-refractivity contribution in [1.82, 2.24) is 9.97 Å². The summed E-state index contributed by atoms with van der Waals surface area (Å²) in [6.07, 6.45) is 3.06. The maximum Gasteiger partial charge on any atom is 0.284 e. The zero-order valence-corrected chi connectivity index (χ0v) is 8.10. The molecule has 74 valence electrons. The van der Waals surface area contributed by atoms with Gasteiger partial charge in [0.05, 0.1) is 6.20 Å². The number of fused-ring (bicyclic) bond motifs is 1. The molecule has 0 atom stereocenters. The molecule has 0 unspecified atom stereocenters. The smallest absolute Gasteiger partial charge is 0.284 e. The van der Waals surface area contributed by atoms with Crippen LogP contribution in [0.1, 0.15) is 5.56 Å². The monoisotopic (exact) mass is 200 g/mol. The number of oxazole rings is 2. The van der Waals surface area contributed by atoms with Crippen molar-refractivity contribution in [2.45, 2.75) is 6.92 Å². The Labute approximate surface area is 85.6 Å². The number of aryl methyl sites for hydroxylation is 1. The topological polar surface area (TPSA) is 52.1 Å². The van der Waals surface area contributed by atoms with Gasteiger partial charge in [0.1, 0.15) is 11.8 Å². The number of nitrogens with zero attached hydrogens (tertiary/aromatic N) is 2. The zero-order valence-electron chi connectivity index (χ0n) is 8.10. The van der Waals surface area contributed by atoms with E-state index in [0.29, 0.717) is 11.8 Å². The van der Waals surface area contributed by atoms with E-state index in [1.165, 1.54) is 6.26 Å². The number of hydrogen-bond donors (Lipinski definition) is 0. The first-order valence-corrected chi connectivity index (χ1v) is 4.60. The zero-order chi connectivity index (χ0) is 10.3. The number of hydrogen-bond acceptors (Lipinski definition) is 4. The van der Waals surface area contributed by atoms with Crippen molar-refractivity contribution in [3.8, 4) is 11.8 Å². The predicted octanol–water partition coefficient (Wildman–Crippen LogP) is 2.79. The lowest BCUT2D eigenvalue weighted by molar-refractivity contribution is 0.526. The molecule has 0 saturated carbocycles. The molecule has 3 aromatic rings. The van der Waals surface area contributed by atoms with E-state index in [9.17, 15) is 0 Å². The van der Waals surface area contributed by atoms with E-state index in [0.717, 1.165) is 16.7 Å². The summed E-state index contributed by atoms with van der Waals surface area (Å²) in [4.78, 5) is 8.27. The van der Waals surface area contributed by atoms with Crippen molar-refractivity contribution in [2.75, 3.05) is 0 Å². The molecule has 0 aliphatic carbocycles. The minimum absolute atomic E-state index is 0.406. The minimum atomic E-state index is 0.406. The Kier molecular flexibility index (Phi) is 1.62. The lowest BCUT2D eigenvalue weighted by atomic mass is 10.2. The van der Waals surface area contributed by atoms with E-state index < -0.39 is 0 Å². The molecule has 2 aromatic heterocycles. The van der Waals surface area contributed by atoms with Gasteiger partial charge in [0, 0.05) is 0 Å².